The van der Waals surface area contributed by atoms with Crippen LogP contribution in [-0.2, 0) is 16.0 Å². The lowest BCUT2D eigenvalue weighted by molar-refractivity contribution is -0.156. The van der Waals surface area contributed by atoms with Crippen LogP contribution < -0.4 is 5.32 Å². The minimum atomic E-state index is -0.353. The molecule has 3 aliphatic rings. The number of phenols is 1. The zero-order valence-corrected chi connectivity index (χ0v) is 19.5. The molecule has 2 saturated carbocycles. The third-order valence-electron chi connectivity index (χ3n) is 8.60. The fourth-order valence-corrected chi connectivity index (χ4v) is 6.87. The molecule has 0 heterocycles. The van der Waals surface area contributed by atoms with Gasteiger partial charge in [0.05, 0.1) is 0 Å². The fraction of sp³-hybridized carbons (Fsp3) is 0.500. The first-order valence-corrected chi connectivity index (χ1v) is 12.2. The Labute approximate surface area is 195 Å². The topological polar surface area (TPSA) is 75.6 Å². The second-order valence-corrected chi connectivity index (χ2v) is 10.4. The normalized spacial score (nSPS) is 30.0. The lowest BCUT2D eigenvalue weighted by Crippen LogP contribution is -2.45. The van der Waals surface area contributed by atoms with Gasteiger partial charge in [0.15, 0.2) is 0 Å². The average Bonchev–Trinajstić information content (AvgIpc) is 3.13. The van der Waals surface area contributed by atoms with Crippen LogP contribution in [-0.4, -0.2) is 29.6 Å². The van der Waals surface area contributed by atoms with Gasteiger partial charge < -0.3 is 15.2 Å². The first kappa shape index (κ1) is 22.0. The van der Waals surface area contributed by atoms with Gasteiger partial charge in [-0.15, -0.1) is 0 Å². The molecular weight excluding hydrogens is 414 g/mol. The molecule has 0 spiro atoms. The average molecular weight is 448 g/mol. The van der Waals surface area contributed by atoms with E-state index >= 15 is 0 Å². The van der Waals surface area contributed by atoms with Crippen molar-refractivity contribution in [3.8, 4) is 5.75 Å². The molecule has 3 aliphatic carbocycles. The molecule has 5 atom stereocenters. The quantitative estimate of drug-likeness (QED) is 0.654. The third-order valence-corrected chi connectivity index (χ3v) is 8.60. The maximum atomic E-state index is 12.6. The Morgan fingerprint density at radius 1 is 1.09 bits per heavy atom. The SMILES string of the molecule is Cc1ccc(C(=O)NCC(=O)O[C@H]2CCC3C4CCc5cc(O)ccc5C4CC[C@@]32C)cc1. The van der Waals surface area contributed by atoms with E-state index in [1.807, 2.05) is 31.2 Å². The Hall–Kier alpha value is -2.82. The van der Waals surface area contributed by atoms with E-state index in [1.54, 1.807) is 12.1 Å². The van der Waals surface area contributed by atoms with Crippen LogP contribution in [0.15, 0.2) is 42.5 Å². The van der Waals surface area contributed by atoms with Crippen LogP contribution in [0.5, 0.6) is 5.75 Å². The van der Waals surface area contributed by atoms with Crippen molar-refractivity contribution in [1.29, 1.82) is 0 Å². The maximum Gasteiger partial charge on any atom is 0.325 e. The van der Waals surface area contributed by atoms with Gasteiger partial charge in [-0.2, -0.15) is 0 Å². The molecule has 0 saturated heterocycles. The molecule has 2 N–H and O–H groups in total. The Morgan fingerprint density at radius 3 is 2.67 bits per heavy atom. The number of rotatable bonds is 4. The predicted octanol–water partition coefficient (Wildman–Crippen LogP) is 4.90. The summed E-state index contributed by atoms with van der Waals surface area (Å²) in [5.41, 5.74) is 4.33. The number of amides is 1. The zero-order valence-electron chi connectivity index (χ0n) is 19.5. The molecule has 0 radical (unpaired) electrons. The number of fused-ring (bicyclic) bond motifs is 5. The molecule has 3 unspecified atom stereocenters. The summed E-state index contributed by atoms with van der Waals surface area (Å²) in [7, 11) is 0. The highest BCUT2D eigenvalue weighted by Crippen LogP contribution is 2.61. The minimum absolute atomic E-state index is 0.00772. The highest BCUT2D eigenvalue weighted by Gasteiger charge is 2.56. The van der Waals surface area contributed by atoms with E-state index in [-0.39, 0.29) is 29.9 Å². The summed E-state index contributed by atoms with van der Waals surface area (Å²) in [6, 6.07) is 13.2. The van der Waals surface area contributed by atoms with Crippen molar-refractivity contribution < 1.29 is 19.4 Å². The highest BCUT2D eigenvalue weighted by molar-refractivity contribution is 5.95. The van der Waals surface area contributed by atoms with Crippen molar-refractivity contribution in [1.82, 2.24) is 5.32 Å². The molecule has 5 nitrogen and oxygen atoms in total. The lowest BCUT2D eigenvalue weighted by atomic mass is 9.55. The van der Waals surface area contributed by atoms with E-state index in [4.69, 9.17) is 4.74 Å². The number of aryl methyl sites for hydroxylation is 2. The summed E-state index contributed by atoms with van der Waals surface area (Å²) in [6.45, 7) is 4.17. The van der Waals surface area contributed by atoms with Crippen molar-refractivity contribution in [2.75, 3.05) is 6.54 Å². The van der Waals surface area contributed by atoms with Crippen LogP contribution in [0.3, 0.4) is 0 Å². The molecule has 2 aromatic rings. The van der Waals surface area contributed by atoms with Gasteiger partial charge in [-0.3, -0.25) is 9.59 Å². The number of ether oxygens (including phenoxy) is 1. The Bertz CT molecular complexity index is 1060. The number of hydrogen-bond acceptors (Lipinski definition) is 4. The van der Waals surface area contributed by atoms with Crippen LogP contribution in [0.4, 0.5) is 0 Å². The van der Waals surface area contributed by atoms with Gasteiger partial charge in [-0.1, -0.05) is 30.7 Å². The van der Waals surface area contributed by atoms with Crippen molar-refractivity contribution in [2.24, 2.45) is 17.3 Å². The maximum absolute atomic E-state index is 12.6. The summed E-state index contributed by atoms with van der Waals surface area (Å²) < 4.78 is 5.97. The molecule has 0 bridgehead atoms. The number of aromatic hydroxyl groups is 1. The molecule has 2 fully saturated rings. The Balaban J connectivity index is 1.21. The number of phenolic OH excluding ortho intramolecular Hbond substituents is 1. The summed E-state index contributed by atoms with van der Waals surface area (Å²) in [6.07, 6.45) is 6.15. The largest absolute Gasteiger partial charge is 0.508 e. The second kappa shape index (κ2) is 8.51. The van der Waals surface area contributed by atoms with E-state index in [1.165, 1.54) is 11.1 Å². The summed E-state index contributed by atoms with van der Waals surface area (Å²) >= 11 is 0. The molecule has 2 aromatic carbocycles. The van der Waals surface area contributed by atoms with Gasteiger partial charge in [0.2, 0.25) is 0 Å². The van der Waals surface area contributed by atoms with Gasteiger partial charge in [0, 0.05) is 11.0 Å². The molecule has 33 heavy (non-hydrogen) atoms. The fourth-order valence-electron chi connectivity index (χ4n) is 6.87. The van der Waals surface area contributed by atoms with Crippen LogP contribution in [0, 0.1) is 24.2 Å². The number of hydrogen-bond donors (Lipinski definition) is 2. The van der Waals surface area contributed by atoms with Gasteiger partial charge in [0.25, 0.3) is 5.91 Å². The van der Waals surface area contributed by atoms with Gasteiger partial charge in [-0.05, 0) is 98.6 Å². The van der Waals surface area contributed by atoms with Gasteiger partial charge >= 0.3 is 5.97 Å². The third kappa shape index (κ3) is 4.03. The molecular formula is C28H33NO4. The monoisotopic (exact) mass is 447 g/mol. The second-order valence-electron chi connectivity index (χ2n) is 10.4. The van der Waals surface area contributed by atoms with E-state index in [2.05, 4.69) is 18.3 Å². The summed E-state index contributed by atoms with van der Waals surface area (Å²) in [5, 5.41) is 12.6. The van der Waals surface area contributed by atoms with Crippen LogP contribution in [0.1, 0.15) is 72.0 Å². The number of esters is 1. The van der Waals surface area contributed by atoms with Crippen molar-refractivity contribution in [3.05, 3.63) is 64.7 Å². The smallest absolute Gasteiger partial charge is 0.325 e. The molecule has 0 aromatic heterocycles. The number of carbonyl (C=O) groups is 2. The zero-order chi connectivity index (χ0) is 23.2. The molecule has 5 rings (SSSR count). The number of benzene rings is 2. The number of nitrogens with one attached hydrogen (secondary N) is 1. The first-order valence-electron chi connectivity index (χ1n) is 12.2. The predicted molar refractivity (Wildman–Crippen MR) is 126 cm³/mol. The first-order chi connectivity index (χ1) is 15.8. The lowest BCUT2D eigenvalue weighted by Gasteiger charge is -2.50. The minimum Gasteiger partial charge on any atom is -0.508 e. The van der Waals surface area contributed by atoms with Crippen LogP contribution >= 0.6 is 0 Å². The Kier molecular flexibility index (Phi) is 5.67. The molecule has 0 aliphatic heterocycles. The molecule has 5 heteroatoms. The van der Waals surface area contributed by atoms with Gasteiger partial charge in [-0.25, -0.2) is 0 Å². The van der Waals surface area contributed by atoms with E-state index in [0.717, 1.165) is 44.1 Å². The summed E-state index contributed by atoms with van der Waals surface area (Å²) in [5.74, 6) is 1.43. The summed E-state index contributed by atoms with van der Waals surface area (Å²) in [4.78, 5) is 25.0. The van der Waals surface area contributed by atoms with E-state index in [0.29, 0.717) is 29.1 Å². The van der Waals surface area contributed by atoms with Crippen molar-refractivity contribution >= 4 is 11.9 Å². The number of carbonyl (C=O) groups excluding carboxylic acids is 2. The standard InChI is InChI=1S/C28H33NO4/c1-17-3-5-18(6-4-17)27(32)29-16-26(31)33-25-12-11-24-23-9-7-19-15-20(30)8-10-21(19)22(23)13-14-28(24,25)2/h3-6,8,10,15,22-25,30H,7,9,11-14,16H2,1-2H3,(H,29,32)/t22?,23?,24?,25-,28-/m0/s1. The van der Waals surface area contributed by atoms with Crippen molar-refractivity contribution in [2.45, 2.75) is 64.4 Å². The van der Waals surface area contributed by atoms with Crippen LogP contribution in [0.25, 0.3) is 0 Å². The van der Waals surface area contributed by atoms with E-state index < -0.39 is 0 Å². The molecule has 174 valence electrons. The molecule has 1 amide bonds. The highest BCUT2D eigenvalue weighted by atomic mass is 16.5. The van der Waals surface area contributed by atoms with Gasteiger partial charge in [0.1, 0.15) is 18.4 Å². The Morgan fingerprint density at radius 2 is 1.88 bits per heavy atom. The van der Waals surface area contributed by atoms with Crippen molar-refractivity contribution in [3.63, 3.8) is 0 Å². The van der Waals surface area contributed by atoms with E-state index in [9.17, 15) is 14.7 Å². The van der Waals surface area contributed by atoms with Crippen LogP contribution in [0.2, 0.25) is 0 Å².